The molecule has 0 aliphatic rings. The van der Waals surface area contributed by atoms with Crippen LogP contribution >= 0.6 is 12.2 Å². The molecule has 4 N–H and O–H groups in total. The lowest BCUT2D eigenvalue weighted by Crippen LogP contribution is -2.44. The van der Waals surface area contributed by atoms with Gasteiger partial charge in [0, 0.05) is 13.7 Å². The average Bonchev–Trinajstić information content (AvgIpc) is 2.22. The van der Waals surface area contributed by atoms with Gasteiger partial charge in [-0.2, -0.15) is 0 Å². The molecule has 1 unspecified atom stereocenters. The van der Waals surface area contributed by atoms with Gasteiger partial charge in [0.1, 0.15) is 0 Å². The van der Waals surface area contributed by atoms with Gasteiger partial charge in [-0.05, 0) is 5.92 Å². The lowest BCUT2D eigenvalue weighted by atomic mass is 10.2. The normalized spacial score (nSPS) is 11.6. The van der Waals surface area contributed by atoms with Crippen LogP contribution in [0.3, 0.4) is 0 Å². The third-order valence-electron chi connectivity index (χ3n) is 1.69. The van der Waals surface area contributed by atoms with Gasteiger partial charge in [0.25, 0.3) is 0 Å². The maximum absolute atomic E-state index is 11.2. The summed E-state index contributed by atoms with van der Waals surface area (Å²) in [5.41, 5.74) is 5.17. The van der Waals surface area contributed by atoms with E-state index < -0.39 is 11.8 Å². The van der Waals surface area contributed by atoms with Gasteiger partial charge in [0.2, 0.25) is 0 Å². The molecule has 0 bridgehead atoms. The number of carbonyl (C=O) groups excluding carboxylic acids is 2. The zero-order valence-corrected chi connectivity index (χ0v) is 10.2. The van der Waals surface area contributed by atoms with Crippen molar-refractivity contribution in [3.63, 3.8) is 0 Å². The van der Waals surface area contributed by atoms with Crippen LogP contribution < -0.4 is 16.4 Å². The van der Waals surface area contributed by atoms with E-state index in [0.717, 1.165) is 0 Å². The van der Waals surface area contributed by atoms with Crippen LogP contribution in [0, 0.1) is 5.92 Å². The van der Waals surface area contributed by atoms with Crippen LogP contribution in [0.4, 0.5) is 0 Å². The number of carbonyl (C=O) groups is 2. The Morgan fingerprint density at radius 2 is 1.94 bits per heavy atom. The van der Waals surface area contributed by atoms with Crippen LogP contribution in [0.5, 0.6) is 0 Å². The summed E-state index contributed by atoms with van der Waals surface area (Å²) in [6, 6.07) is 0. The summed E-state index contributed by atoms with van der Waals surface area (Å²) in [5, 5.41) is 4.76. The molecule has 92 valence electrons. The molecule has 0 fully saturated rings. The summed E-state index contributed by atoms with van der Waals surface area (Å²) in [4.78, 5) is 22.5. The van der Waals surface area contributed by atoms with E-state index >= 15 is 0 Å². The maximum Gasteiger partial charge on any atom is 0.309 e. The molecule has 1 atom stereocenters. The van der Waals surface area contributed by atoms with E-state index in [4.69, 9.17) is 10.5 Å². The van der Waals surface area contributed by atoms with Gasteiger partial charge in [0.05, 0.1) is 18.1 Å². The Balaban J connectivity index is 3.79. The third-order valence-corrected chi connectivity index (χ3v) is 1.84. The molecule has 0 saturated carbocycles. The van der Waals surface area contributed by atoms with Crippen LogP contribution in [0.2, 0.25) is 0 Å². The Morgan fingerprint density at radius 3 is 2.44 bits per heavy atom. The van der Waals surface area contributed by atoms with Gasteiger partial charge in [-0.1, -0.05) is 19.1 Å². The number of nitrogens with two attached hydrogens (primary N) is 1. The molecule has 0 aliphatic carbocycles. The molecule has 0 aliphatic heterocycles. The van der Waals surface area contributed by atoms with Crippen molar-refractivity contribution >= 4 is 29.0 Å². The summed E-state index contributed by atoms with van der Waals surface area (Å²) < 4.78 is 4.89. The standard InChI is InChI=1S/C9H17N3O3S/c1-6(5-15-2)3-11-8(13)9(14)12-4-7(10)16/h6H,3-5H2,1-2H3,(H2,10,16)(H,11,13)(H,12,14). The summed E-state index contributed by atoms with van der Waals surface area (Å²) in [6.07, 6.45) is 0. The molecule has 6 nitrogen and oxygen atoms in total. The topological polar surface area (TPSA) is 93.4 Å². The third kappa shape index (κ3) is 7.13. The number of hydrogen-bond acceptors (Lipinski definition) is 4. The first kappa shape index (κ1) is 14.8. The van der Waals surface area contributed by atoms with E-state index in [0.29, 0.717) is 13.2 Å². The van der Waals surface area contributed by atoms with Gasteiger partial charge in [-0.15, -0.1) is 0 Å². The fourth-order valence-corrected chi connectivity index (χ4v) is 1.01. The van der Waals surface area contributed by atoms with Crippen molar-refractivity contribution in [1.29, 1.82) is 0 Å². The molecule has 16 heavy (non-hydrogen) atoms. The molecule has 2 amide bonds. The highest BCUT2D eigenvalue weighted by Crippen LogP contribution is 1.91. The molecular formula is C9H17N3O3S. The number of hydrogen-bond donors (Lipinski definition) is 3. The second kappa shape index (κ2) is 8.00. The van der Waals surface area contributed by atoms with Crippen molar-refractivity contribution in [1.82, 2.24) is 10.6 Å². The molecule has 0 aromatic heterocycles. The molecule has 0 saturated heterocycles. The minimum absolute atomic E-state index is 0.0230. The highest BCUT2D eigenvalue weighted by Gasteiger charge is 2.13. The minimum Gasteiger partial charge on any atom is -0.392 e. The smallest absolute Gasteiger partial charge is 0.309 e. The van der Waals surface area contributed by atoms with Crippen LogP contribution in [0.25, 0.3) is 0 Å². The molecule has 0 heterocycles. The Labute approximate surface area is 99.9 Å². The molecule has 0 spiro atoms. The Morgan fingerprint density at radius 1 is 1.38 bits per heavy atom. The van der Waals surface area contributed by atoms with Crippen LogP contribution in [-0.2, 0) is 14.3 Å². The van der Waals surface area contributed by atoms with Crippen LogP contribution in [0.15, 0.2) is 0 Å². The van der Waals surface area contributed by atoms with Crippen molar-refractivity contribution in [2.24, 2.45) is 11.7 Å². The lowest BCUT2D eigenvalue weighted by molar-refractivity contribution is -0.139. The summed E-state index contributed by atoms with van der Waals surface area (Å²) in [6.45, 7) is 2.83. The largest absolute Gasteiger partial charge is 0.392 e. The van der Waals surface area contributed by atoms with Crippen molar-refractivity contribution in [2.45, 2.75) is 6.92 Å². The van der Waals surface area contributed by atoms with Crippen LogP contribution in [-0.4, -0.2) is 43.6 Å². The number of nitrogens with one attached hydrogen (secondary N) is 2. The van der Waals surface area contributed by atoms with E-state index in [9.17, 15) is 9.59 Å². The molecule has 0 rings (SSSR count). The second-order valence-electron chi connectivity index (χ2n) is 3.42. The first-order valence-electron chi connectivity index (χ1n) is 4.80. The Bertz CT molecular complexity index is 271. The van der Waals surface area contributed by atoms with Gasteiger partial charge < -0.3 is 21.1 Å². The van der Waals surface area contributed by atoms with Crippen molar-refractivity contribution < 1.29 is 14.3 Å². The molecule has 0 aromatic carbocycles. The summed E-state index contributed by atoms with van der Waals surface area (Å²) in [7, 11) is 1.58. The Hall–Kier alpha value is -1.21. The van der Waals surface area contributed by atoms with Gasteiger partial charge >= 0.3 is 11.8 Å². The van der Waals surface area contributed by atoms with E-state index in [1.54, 1.807) is 7.11 Å². The van der Waals surface area contributed by atoms with Crippen molar-refractivity contribution in [2.75, 3.05) is 26.8 Å². The molecule has 0 radical (unpaired) electrons. The van der Waals surface area contributed by atoms with Gasteiger partial charge in [0.15, 0.2) is 0 Å². The second-order valence-corrected chi connectivity index (χ2v) is 3.94. The molecule has 0 aromatic rings. The fraction of sp³-hybridized carbons (Fsp3) is 0.667. The minimum atomic E-state index is -0.739. The number of amides is 2. The zero-order chi connectivity index (χ0) is 12.6. The SMILES string of the molecule is COCC(C)CNC(=O)C(=O)NCC(N)=S. The van der Waals surface area contributed by atoms with Crippen molar-refractivity contribution in [3.05, 3.63) is 0 Å². The highest BCUT2D eigenvalue weighted by atomic mass is 32.1. The average molecular weight is 247 g/mol. The summed E-state index contributed by atoms with van der Waals surface area (Å²) >= 11 is 4.56. The Kier molecular flexibility index (Phi) is 7.40. The zero-order valence-electron chi connectivity index (χ0n) is 9.41. The maximum atomic E-state index is 11.2. The van der Waals surface area contributed by atoms with E-state index in [1.165, 1.54) is 0 Å². The van der Waals surface area contributed by atoms with Gasteiger partial charge in [-0.25, -0.2) is 0 Å². The number of thiocarbonyl (C=S) groups is 1. The number of rotatable bonds is 6. The van der Waals surface area contributed by atoms with Crippen molar-refractivity contribution in [3.8, 4) is 0 Å². The summed E-state index contributed by atoms with van der Waals surface area (Å²) in [5.74, 6) is -1.28. The van der Waals surface area contributed by atoms with E-state index in [2.05, 4.69) is 22.9 Å². The first-order chi connectivity index (χ1) is 7.47. The molecule has 7 heteroatoms. The quantitative estimate of drug-likeness (QED) is 0.404. The number of ether oxygens (including phenoxy) is 1. The predicted molar refractivity (Wildman–Crippen MR) is 63.8 cm³/mol. The van der Waals surface area contributed by atoms with E-state index in [-0.39, 0.29) is 17.5 Å². The monoisotopic (exact) mass is 247 g/mol. The predicted octanol–water partition coefficient (Wildman–Crippen LogP) is -1.21. The fourth-order valence-electron chi connectivity index (χ4n) is 0.938. The lowest BCUT2D eigenvalue weighted by Gasteiger charge is -2.11. The van der Waals surface area contributed by atoms with Crippen LogP contribution in [0.1, 0.15) is 6.92 Å². The number of methoxy groups -OCH3 is 1. The molecular weight excluding hydrogens is 230 g/mol. The first-order valence-corrected chi connectivity index (χ1v) is 5.21. The highest BCUT2D eigenvalue weighted by molar-refractivity contribution is 7.80. The van der Waals surface area contributed by atoms with Gasteiger partial charge in [-0.3, -0.25) is 9.59 Å². The van der Waals surface area contributed by atoms with E-state index in [1.807, 2.05) is 6.92 Å².